The normalized spacial score (nSPS) is 36.9. The summed E-state index contributed by atoms with van der Waals surface area (Å²) in [5.41, 5.74) is -2.05. The van der Waals surface area contributed by atoms with E-state index < -0.39 is 70.5 Å². The molecule has 1 aliphatic heterocycles. The zero-order valence-corrected chi connectivity index (χ0v) is 21.4. The zero-order valence-electron chi connectivity index (χ0n) is 21.4. The second-order valence-corrected chi connectivity index (χ2v) is 10.9. The van der Waals surface area contributed by atoms with Crippen molar-refractivity contribution in [2.45, 2.75) is 71.3 Å². The van der Waals surface area contributed by atoms with Crippen LogP contribution in [0.3, 0.4) is 0 Å². The molecule has 1 saturated heterocycles. The van der Waals surface area contributed by atoms with E-state index in [-0.39, 0.29) is 24.7 Å². The van der Waals surface area contributed by atoms with Gasteiger partial charge < -0.3 is 10.2 Å². The Bertz CT molecular complexity index is 956. The highest BCUT2D eigenvalue weighted by Crippen LogP contribution is 2.56. The van der Waals surface area contributed by atoms with Gasteiger partial charge in [0.05, 0.1) is 17.8 Å². The van der Waals surface area contributed by atoms with Crippen LogP contribution in [0.4, 0.5) is 0 Å². The monoisotopic (exact) mass is 501 g/mol. The Kier molecular flexibility index (Phi) is 8.70. The number of rotatable bonds is 11. The summed E-state index contributed by atoms with van der Waals surface area (Å²) in [6, 6.07) is 0. The van der Waals surface area contributed by atoms with Crippen molar-refractivity contribution in [3.63, 3.8) is 0 Å². The molecule has 198 valence electrons. The molecule has 0 aromatic rings. The molecule has 3 rings (SSSR count). The van der Waals surface area contributed by atoms with Gasteiger partial charge in [0, 0.05) is 0 Å². The molecular weight excluding hydrogens is 462 g/mol. The number of Topliss-reactive ketones (excluding diaryl/α,β-unsaturated/α-hetero) is 1. The zero-order chi connectivity index (χ0) is 26.8. The molecule has 0 radical (unpaired) electrons. The number of nitrogens with one attached hydrogen (secondary N) is 1. The maximum absolute atomic E-state index is 14.2. The van der Waals surface area contributed by atoms with Gasteiger partial charge in [-0.15, -0.1) is 6.58 Å². The van der Waals surface area contributed by atoms with Gasteiger partial charge in [-0.3, -0.25) is 29.3 Å². The number of hydrogen-bond acceptors (Lipinski definition) is 6. The van der Waals surface area contributed by atoms with E-state index in [1.807, 2.05) is 6.92 Å². The Labute approximate surface area is 212 Å². The number of fused-ring (bicyclic) bond motifs is 1. The van der Waals surface area contributed by atoms with Crippen molar-refractivity contribution < 1.29 is 34.2 Å². The Morgan fingerprint density at radius 1 is 1.19 bits per heavy atom. The summed E-state index contributed by atoms with van der Waals surface area (Å²) >= 11 is 0. The Morgan fingerprint density at radius 2 is 1.89 bits per heavy atom. The van der Waals surface area contributed by atoms with E-state index in [0.29, 0.717) is 12.8 Å². The smallest absolute Gasteiger partial charge is 0.306 e. The van der Waals surface area contributed by atoms with Gasteiger partial charge in [-0.2, -0.15) is 0 Å². The van der Waals surface area contributed by atoms with Crippen LogP contribution in [0.15, 0.2) is 24.8 Å². The van der Waals surface area contributed by atoms with E-state index in [1.165, 1.54) is 12.2 Å². The molecule has 1 heterocycles. The standard InChI is InChI=1S/C28H39NO7/c1-5-8-9-11-16(7-3)21-22(26(33)29-25(21)32)24(31)23-20-15(4)12-17(27(34)35)13-18(20)14-28(23,36)19(30)10-6-2/h6-7,10,15-18,20-23,36H,3,5,8-9,11-14H2,1-2,4H3,(H,34,35)(H,29,32,33)/b10-6+. The molecule has 3 N–H and O–H groups in total. The maximum Gasteiger partial charge on any atom is 0.306 e. The molecule has 3 fully saturated rings. The van der Waals surface area contributed by atoms with Gasteiger partial charge in [0.25, 0.3) is 0 Å². The number of aliphatic hydroxyl groups is 1. The average Bonchev–Trinajstić information content (AvgIpc) is 3.29. The lowest BCUT2D eigenvalue weighted by Crippen LogP contribution is -2.51. The summed E-state index contributed by atoms with van der Waals surface area (Å²) in [6.07, 6.45) is 8.20. The number of unbranched alkanes of at least 4 members (excludes halogenated alkanes) is 2. The number of amides is 2. The van der Waals surface area contributed by atoms with Crippen molar-refractivity contribution in [1.29, 1.82) is 0 Å². The number of aliphatic carboxylic acids is 1. The molecule has 9 unspecified atom stereocenters. The summed E-state index contributed by atoms with van der Waals surface area (Å²) in [7, 11) is 0. The number of carbonyl (C=O) groups is 5. The molecule has 8 heteroatoms. The lowest BCUT2D eigenvalue weighted by molar-refractivity contribution is -0.152. The van der Waals surface area contributed by atoms with E-state index >= 15 is 0 Å². The minimum atomic E-state index is -2.05. The fourth-order valence-electron chi connectivity index (χ4n) is 7.14. The quantitative estimate of drug-likeness (QED) is 0.130. The first kappa shape index (κ1) is 28.0. The topological polar surface area (TPSA) is 138 Å². The Morgan fingerprint density at radius 3 is 2.47 bits per heavy atom. The minimum Gasteiger partial charge on any atom is -0.481 e. The van der Waals surface area contributed by atoms with Gasteiger partial charge in [-0.1, -0.05) is 45.3 Å². The van der Waals surface area contributed by atoms with E-state index in [1.54, 1.807) is 13.0 Å². The molecule has 0 aromatic heterocycles. The van der Waals surface area contributed by atoms with Gasteiger partial charge >= 0.3 is 5.97 Å². The van der Waals surface area contributed by atoms with Gasteiger partial charge in [0.1, 0.15) is 11.5 Å². The van der Waals surface area contributed by atoms with Crippen LogP contribution in [0.5, 0.6) is 0 Å². The Hall–Kier alpha value is -2.61. The fourth-order valence-corrected chi connectivity index (χ4v) is 7.14. The predicted octanol–water partition coefficient (Wildman–Crippen LogP) is 3.09. The highest BCUT2D eigenvalue weighted by atomic mass is 16.4. The minimum absolute atomic E-state index is 0.0420. The number of carbonyl (C=O) groups excluding carboxylic acids is 4. The molecule has 36 heavy (non-hydrogen) atoms. The van der Waals surface area contributed by atoms with Crippen LogP contribution in [0.1, 0.15) is 65.7 Å². The molecule has 0 spiro atoms. The van der Waals surface area contributed by atoms with Gasteiger partial charge in [0.15, 0.2) is 11.6 Å². The molecule has 8 nitrogen and oxygen atoms in total. The van der Waals surface area contributed by atoms with Crippen LogP contribution in [0.2, 0.25) is 0 Å². The molecule has 3 aliphatic rings. The highest BCUT2D eigenvalue weighted by molar-refractivity contribution is 6.17. The molecule has 9 atom stereocenters. The molecular formula is C28H39NO7. The lowest BCUT2D eigenvalue weighted by atomic mass is 9.63. The van der Waals surface area contributed by atoms with Crippen LogP contribution in [0.25, 0.3) is 0 Å². The van der Waals surface area contributed by atoms with Crippen molar-refractivity contribution >= 4 is 29.4 Å². The number of carboxylic acids is 1. The first-order valence-electron chi connectivity index (χ1n) is 13.1. The molecule has 0 bridgehead atoms. The number of hydrogen-bond donors (Lipinski definition) is 3. The van der Waals surface area contributed by atoms with E-state index in [0.717, 1.165) is 19.3 Å². The van der Waals surface area contributed by atoms with Gasteiger partial charge in [0.2, 0.25) is 11.8 Å². The third kappa shape index (κ3) is 4.97. The lowest BCUT2D eigenvalue weighted by Gasteiger charge is -2.39. The number of imide groups is 1. The van der Waals surface area contributed by atoms with E-state index in [2.05, 4.69) is 18.8 Å². The van der Waals surface area contributed by atoms with Crippen LogP contribution >= 0.6 is 0 Å². The average molecular weight is 502 g/mol. The van der Waals surface area contributed by atoms with Crippen molar-refractivity contribution in [1.82, 2.24) is 5.32 Å². The van der Waals surface area contributed by atoms with Crippen molar-refractivity contribution in [3.8, 4) is 0 Å². The third-order valence-electron chi connectivity index (χ3n) is 8.72. The fraction of sp³-hybridized carbons (Fsp3) is 0.679. The second kappa shape index (κ2) is 11.2. The highest BCUT2D eigenvalue weighted by Gasteiger charge is 2.64. The molecule has 2 aliphatic carbocycles. The molecule has 2 amide bonds. The largest absolute Gasteiger partial charge is 0.481 e. The maximum atomic E-state index is 14.2. The van der Waals surface area contributed by atoms with Crippen LogP contribution in [-0.4, -0.2) is 45.2 Å². The van der Waals surface area contributed by atoms with Crippen molar-refractivity contribution in [3.05, 3.63) is 24.8 Å². The summed E-state index contributed by atoms with van der Waals surface area (Å²) in [6.45, 7) is 9.38. The summed E-state index contributed by atoms with van der Waals surface area (Å²) in [5.74, 6) is -8.93. The number of allylic oxidation sites excluding steroid dienone is 2. The Balaban J connectivity index is 2.03. The van der Waals surface area contributed by atoms with Crippen LogP contribution in [0, 0.1) is 47.3 Å². The van der Waals surface area contributed by atoms with Gasteiger partial charge in [-0.25, -0.2) is 0 Å². The summed E-state index contributed by atoms with van der Waals surface area (Å²) in [4.78, 5) is 65.0. The van der Waals surface area contributed by atoms with Crippen LogP contribution < -0.4 is 5.32 Å². The number of ketones is 2. The van der Waals surface area contributed by atoms with Crippen LogP contribution in [-0.2, 0) is 24.0 Å². The second-order valence-electron chi connectivity index (χ2n) is 10.9. The molecule has 0 aromatic carbocycles. The summed E-state index contributed by atoms with van der Waals surface area (Å²) < 4.78 is 0. The van der Waals surface area contributed by atoms with E-state index in [4.69, 9.17) is 0 Å². The van der Waals surface area contributed by atoms with Crippen molar-refractivity contribution in [2.24, 2.45) is 47.3 Å². The van der Waals surface area contributed by atoms with Crippen molar-refractivity contribution in [2.75, 3.05) is 0 Å². The predicted molar refractivity (Wildman–Crippen MR) is 132 cm³/mol. The first-order chi connectivity index (χ1) is 17.0. The van der Waals surface area contributed by atoms with Gasteiger partial charge in [-0.05, 0) is 62.4 Å². The van der Waals surface area contributed by atoms with E-state index in [9.17, 15) is 34.2 Å². The number of carboxylic acid groups (broad SMARTS) is 1. The SMILES string of the molecule is C=CC(CCCCC)C1C(=O)NC(=O)C1C(=O)C1C2C(C)CC(C(=O)O)CC2CC1(O)C(=O)/C=C/C. The third-order valence-corrected chi connectivity index (χ3v) is 8.72. The first-order valence-corrected chi connectivity index (χ1v) is 13.1. The summed E-state index contributed by atoms with van der Waals surface area (Å²) in [5, 5.41) is 23.7. The molecule has 2 saturated carbocycles.